The Balaban J connectivity index is 1.51. The molecule has 29 heavy (non-hydrogen) atoms. The van der Waals surface area contributed by atoms with Gasteiger partial charge in [-0.25, -0.2) is 9.37 Å². The number of carbonyl (C=O) groups excluding carboxylic acids is 2. The van der Waals surface area contributed by atoms with Gasteiger partial charge in [-0.15, -0.1) is 0 Å². The van der Waals surface area contributed by atoms with Gasteiger partial charge in [0.25, 0.3) is 5.91 Å². The van der Waals surface area contributed by atoms with E-state index in [9.17, 15) is 14.0 Å². The van der Waals surface area contributed by atoms with E-state index in [0.29, 0.717) is 40.0 Å². The summed E-state index contributed by atoms with van der Waals surface area (Å²) >= 11 is 0. The SMILES string of the molecule is Cc1oc(-c2ccc(F)cc2)nc1CC(=O)Nc1cccc2c1OCC(=O)N2C. The van der Waals surface area contributed by atoms with Crippen molar-refractivity contribution in [1.29, 1.82) is 0 Å². The summed E-state index contributed by atoms with van der Waals surface area (Å²) in [4.78, 5) is 30.2. The third-order valence-corrected chi connectivity index (χ3v) is 4.66. The summed E-state index contributed by atoms with van der Waals surface area (Å²) < 4.78 is 24.2. The van der Waals surface area contributed by atoms with Gasteiger partial charge in [-0.3, -0.25) is 9.59 Å². The van der Waals surface area contributed by atoms with Crippen LogP contribution >= 0.6 is 0 Å². The number of likely N-dealkylation sites (N-methyl/N-ethyl adjacent to an activating group) is 1. The molecule has 1 aliphatic rings. The zero-order valence-corrected chi connectivity index (χ0v) is 15.9. The molecular weight excluding hydrogens is 377 g/mol. The molecule has 0 fully saturated rings. The number of hydrogen-bond acceptors (Lipinski definition) is 5. The van der Waals surface area contributed by atoms with Crippen LogP contribution in [0.2, 0.25) is 0 Å². The first kappa shape index (κ1) is 18.7. The van der Waals surface area contributed by atoms with Crippen LogP contribution in [0.15, 0.2) is 46.9 Å². The van der Waals surface area contributed by atoms with E-state index in [1.807, 2.05) is 0 Å². The number of amides is 2. The minimum atomic E-state index is -0.350. The zero-order valence-electron chi connectivity index (χ0n) is 15.9. The fraction of sp³-hybridized carbons (Fsp3) is 0.190. The number of nitrogens with one attached hydrogen (secondary N) is 1. The predicted molar refractivity (Wildman–Crippen MR) is 104 cm³/mol. The van der Waals surface area contributed by atoms with Crippen LogP contribution in [-0.2, 0) is 16.0 Å². The molecule has 0 spiro atoms. The number of ether oxygens (including phenoxy) is 1. The van der Waals surface area contributed by atoms with E-state index < -0.39 is 0 Å². The Morgan fingerprint density at radius 2 is 2.00 bits per heavy atom. The van der Waals surface area contributed by atoms with E-state index >= 15 is 0 Å². The second kappa shape index (κ2) is 7.38. The Labute approximate surface area is 166 Å². The highest BCUT2D eigenvalue weighted by atomic mass is 19.1. The lowest BCUT2D eigenvalue weighted by molar-refractivity contribution is -0.121. The number of aromatic nitrogens is 1. The largest absolute Gasteiger partial charge is 0.479 e. The van der Waals surface area contributed by atoms with Gasteiger partial charge >= 0.3 is 0 Å². The summed E-state index contributed by atoms with van der Waals surface area (Å²) in [7, 11) is 1.66. The van der Waals surface area contributed by atoms with E-state index in [4.69, 9.17) is 9.15 Å². The first-order chi connectivity index (χ1) is 13.9. The molecule has 1 aliphatic heterocycles. The molecule has 0 bridgehead atoms. The molecule has 7 nitrogen and oxygen atoms in total. The first-order valence-corrected chi connectivity index (χ1v) is 8.97. The Kier molecular flexibility index (Phi) is 4.75. The minimum absolute atomic E-state index is 0.00499. The Bertz CT molecular complexity index is 1090. The van der Waals surface area contributed by atoms with E-state index in [2.05, 4.69) is 10.3 Å². The van der Waals surface area contributed by atoms with Crippen molar-refractivity contribution in [2.24, 2.45) is 0 Å². The molecule has 0 aliphatic carbocycles. The Hall–Kier alpha value is -3.68. The second-order valence-corrected chi connectivity index (χ2v) is 6.65. The lowest BCUT2D eigenvalue weighted by Gasteiger charge is -2.27. The normalized spacial score (nSPS) is 13.1. The van der Waals surface area contributed by atoms with Crippen molar-refractivity contribution in [3.63, 3.8) is 0 Å². The number of anilines is 2. The van der Waals surface area contributed by atoms with Crippen LogP contribution in [0.4, 0.5) is 15.8 Å². The third kappa shape index (κ3) is 3.69. The number of fused-ring (bicyclic) bond motifs is 1. The molecule has 1 aromatic heterocycles. The molecule has 2 aromatic carbocycles. The molecule has 148 valence electrons. The number of nitrogens with zero attached hydrogens (tertiary/aromatic N) is 2. The number of benzene rings is 2. The molecule has 0 saturated carbocycles. The summed E-state index contributed by atoms with van der Waals surface area (Å²) in [5.74, 6) is 0.474. The molecule has 0 unspecified atom stereocenters. The van der Waals surface area contributed by atoms with Crippen LogP contribution in [0.5, 0.6) is 5.75 Å². The van der Waals surface area contributed by atoms with Crippen molar-refractivity contribution in [3.05, 3.63) is 59.7 Å². The molecule has 3 aromatic rings. The van der Waals surface area contributed by atoms with Crippen molar-refractivity contribution < 1.29 is 23.1 Å². The van der Waals surface area contributed by atoms with Gasteiger partial charge in [0.15, 0.2) is 12.4 Å². The van der Waals surface area contributed by atoms with Crippen molar-refractivity contribution >= 4 is 23.2 Å². The van der Waals surface area contributed by atoms with Crippen LogP contribution in [-0.4, -0.2) is 30.5 Å². The van der Waals surface area contributed by atoms with Crippen molar-refractivity contribution in [2.45, 2.75) is 13.3 Å². The summed E-state index contributed by atoms with van der Waals surface area (Å²) in [6.45, 7) is 1.64. The maximum atomic E-state index is 13.1. The fourth-order valence-corrected chi connectivity index (χ4v) is 3.06. The highest BCUT2D eigenvalue weighted by Gasteiger charge is 2.25. The van der Waals surface area contributed by atoms with Crippen LogP contribution in [0.1, 0.15) is 11.5 Å². The predicted octanol–water partition coefficient (Wildman–Crippen LogP) is 3.33. The quantitative estimate of drug-likeness (QED) is 0.733. The van der Waals surface area contributed by atoms with Crippen LogP contribution in [0, 0.1) is 12.7 Å². The van der Waals surface area contributed by atoms with Gasteiger partial charge < -0.3 is 19.4 Å². The van der Waals surface area contributed by atoms with E-state index in [0.717, 1.165) is 0 Å². The molecule has 4 rings (SSSR count). The lowest BCUT2D eigenvalue weighted by Crippen LogP contribution is -2.35. The second-order valence-electron chi connectivity index (χ2n) is 6.65. The number of rotatable bonds is 4. The topological polar surface area (TPSA) is 84.7 Å². The molecule has 2 amide bonds. The number of para-hydroxylation sites is 1. The van der Waals surface area contributed by atoms with Crippen molar-refractivity contribution in [2.75, 3.05) is 23.9 Å². The number of halogens is 1. The van der Waals surface area contributed by atoms with Crippen molar-refractivity contribution in [3.8, 4) is 17.2 Å². The molecule has 2 heterocycles. The monoisotopic (exact) mass is 395 g/mol. The summed E-state index contributed by atoms with van der Waals surface area (Å²) in [5, 5.41) is 2.80. The van der Waals surface area contributed by atoms with Gasteiger partial charge in [0.1, 0.15) is 11.6 Å². The molecule has 0 atom stereocenters. The maximum absolute atomic E-state index is 13.1. The first-order valence-electron chi connectivity index (χ1n) is 8.97. The molecule has 1 N–H and O–H groups in total. The maximum Gasteiger partial charge on any atom is 0.264 e. The number of oxazole rings is 1. The highest BCUT2D eigenvalue weighted by molar-refractivity contribution is 6.01. The van der Waals surface area contributed by atoms with Crippen molar-refractivity contribution in [1.82, 2.24) is 4.98 Å². The standard InChI is InChI=1S/C21H18FN3O4/c1-12-16(24-21(29-12)13-6-8-14(22)9-7-13)10-18(26)23-15-4-3-5-17-20(15)28-11-19(27)25(17)2/h3-9H,10-11H2,1-2H3,(H,23,26). The average molecular weight is 395 g/mol. The number of carbonyl (C=O) groups is 2. The van der Waals surface area contributed by atoms with E-state index in [1.54, 1.807) is 44.3 Å². The molecule has 0 saturated heterocycles. The van der Waals surface area contributed by atoms with Gasteiger partial charge in [-0.1, -0.05) is 6.07 Å². The van der Waals surface area contributed by atoms with Gasteiger partial charge in [-0.05, 0) is 43.3 Å². The minimum Gasteiger partial charge on any atom is -0.479 e. The lowest BCUT2D eigenvalue weighted by atomic mass is 10.2. The van der Waals surface area contributed by atoms with Crippen LogP contribution in [0.3, 0.4) is 0 Å². The van der Waals surface area contributed by atoms with Gasteiger partial charge in [0.05, 0.1) is 23.5 Å². The summed E-state index contributed by atoms with van der Waals surface area (Å²) in [5.41, 5.74) is 2.18. The highest BCUT2D eigenvalue weighted by Crippen LogP contribution is 2.38. The number of hydrogen-bond donors (Lipinski definition) is 1. The van der Waals surface area contributed by atoms with Gasteiger partial charge in [-0.2, -0.15) is 0 Å². The number of aryl methyl sites for hydroxylation is 1. The fourth-order valence-electron chi connectivity index (χ4n) is 3.06. The molecule has 0 radical (unpaired) electrons. The van der Waals surface area contributed by atoms with Crippen LogP contribution < -0.4 is 15.0 Å². The summed E-state index contributed by atoms with van der Waals surface area (Å²) in [6, 6.07) is 11.0. The smallest absolute Gasteiger partial charge is 0.264 e. The van der Waals surface area contributed by atoms with E-state index in [1.165, 1.54) is 17.0 Å². The Morgan fingerprint density at radius 3 is 2.76 bits per heavy atom. The molecular formula is C21H18FN3O4. The molecule has 8 heteroatoms. The van der Waals surface area contributed by atoms with Gasteiger partial charge in [0.2, 0.25) is 11.8 Å². The zero-order chi connectivity index (χ0) is 20.5. The Morgan fingerprint density at radius 1 is 1.24 bits per heavy atom. The third-order valence-electron chi connectivity index (χ3n) is 4.66. The summed E-state index contributed by atoms with van der Waals surface area (Å²) in [6.07, 6.45) is -0.00499. The van der Waals surface area contributed by atoms with E-state index in [-0.39, 0.29) is 30.7 Å². The average Bonchev–Trinajstić information content (AvgIpc) is 3.06. The van der Waals surface area contributed by atoms with Crippen LogP contribution in [0.25, 0.3) is 11.5 Å². The van der Waals surface area contributed by atoms with Gasteiger partial charge in [0, 0.05) is 12.6 Å².